The van der Waals surface area contributed by atoms with Gasteiger partial charge in [0.05, 0.1) is 10.6 Å². The summed E-state index contributed by atoms with van der Waals surface area (Å²) in [6.07, 6.45) is 4.57. The van der Waals surface area contributed by atoms with E-state index >= 15 is 0 Å². The summed E-state index contributed by atoms with van der Waals surface area (Å²) < 4.78 is 0. The van der Waals surface area contributed by atoms with Crippen molar-refractivity contribution in [1.82, 2.24) is 0 Å². The molecule has 0 radical (unpaired) electrons. The molecule has 0 heterocycles. The van der Waals surface area contributed by atoms with Gasteiger partial charge in [0.15, 0.2) is 0 Å². The van der Waals surface area contributed by atoms with Crippen LogP contribution >= 0.6 is 11.6 Å². The minimum atomic E-state index is -1.07. The summed E-state index contributed by atoms with van der Waals surface area (Å²) in [5.41, 5.74) is 0.609. The summed E-state index contributed by atoms with van der Waals surface area (Å²) in [4.78, 5) is 23.1. The Morgan fingerprint density at radius 3 is 2.60 bits per heavy atom. The van der Waals surface area contributed by atoms with Gasteiger partial charge in [-0.15, -0.1) is 0 Å². The van der Waals surface area contributed by atoms with E-state index in [1.54, 1.807) is 6.07 Å². The molecule has 1 aromatic carbocycles. The van der Waals surface area contributed by atoms with Gasteiger partial charge in [-0.3, -0.25) is 4.79 Å². The topological polar surface area (TPSA) is 66.4 Å². The van der Waals surface area contributed by atoms with Crippen molar-refractivity contribution < 1.29 is 14.7 Å². The molecule has 1 amide bonds. The van der Waals surface area contributed by atoms with Gasteiger partial charge >= 0.3 is 5.97 Å². The second-order valence-electron chi connectivity index (χ2n) is 5.77. The van der Waals surface area contributed by atoms with Crippen molar-refractivity contribution in [3.63, 3.8) is 0 Å². The van der Waals surface area contributed by atoms with Crippen LogP contribution < -0.4 is 5.32 Å². The Morgan fingerprint density at radius 2 is 2.05 bits per heavy atom. The van der Waals surface area contributed by atoms with Crippen LogP contribution in [0.5, 0.6) is 0 Å². The molecule has 106 valence electrons. The number of aromatic carboxylic acids is 1. The lowest BCUT2D eigenvalue weighted by Crippen LogP contribution is -2.27. The first-order chi connectivity index (χ1) is 9.54. The minimum absolute atomic E-state index is 0.0383. The first kappa shape index (κ1) is 13.4. The van der Waals surface area contributed by atoms with Gasteiger partial charge < -0.3 is 10.4 Å². The lowest BCUT2D eigenvalue weighted by atomic mass is 9.88. The SMILES string of the molecule is O=C(O)c1ccc(NC(=O)C2CC3CCC2C3)cc1Cl. The fourth-order valence-corrected chi connectivity index (χ4v) is 3.83. The molecule has 0 aromatic heterocycles. The molecule has 20 heavy (non-hydrogen) atoms. The normalized spacial score (nSPS) is 27.6. The third-order valence-electron chi connectivity index (χ3n) is 4.54. The summed E-state index contributed by atoms with van der Waals surface area (Å²) in [7, 11) is 0. The van der Waals surface area contributed by atoms with Crippen LogP contribution in [-0.4, -0.2) is 17.0 Å². The molecule has 0 saturated heterocycles. The van der Waals surface area contributed by atoms with E-state index in [1.165, 1.54) is 25.0 Å². The number of carboxylic acids is 1. The number of carbonyl (C=O) groups is 2. The number of carboxylic acid groups (broad SMARTS) is 1. The van der Waals surface area contributed by atoms with Gasteiger partial charge in [-0.25, -0.2) is 4.79 Å². The van der Waals surface area contributed by atoms with Crippen LogP contribution in [0.25, 0.3) is 0 Å². The molecule has 5 heteroatoms. The maximum Gasteiger partial charge on any atom is 0.337 e. The molecule has 4 nitrogen and oxygen atoms in total. The Balaban J connectivity index is 1.70. The molecule has 2 fully saturated rings. The van der Waals surface area contributed by atoms with E-state index in [-0.39, 0.29) is 22.4 Å². The standard InChI is InChI=1S/C15H16ClNO3/c16-13-7-10(3-4-11(13)15(19)20)17-14(18)12-6-8-1-2-9(12)5-8/h3-4,7-9,12H,1-2,5-6H2,(H,17,18)(H,19,20). The van der Waals surface area contributed by atoms with Gasteiger partial charge in [0.2, 0.25) is 5.91 Å². The van der Waals surface area contributed by atoms with E-state index in [9.17, 15) is 9.59 Å². The fraction of sp³-hybridized carbons (Fsp3) is 0.467. The van der Waals surface area contributed by atoms with Crippen LogP contribution in [0.2, 0.25) is 5.02 Å². The number of hydrogen-bond donors (Lipinski definition) is 2. The third kappa shape index (κ3) is 2.40. The molecule has 2 N–H and O–H groups in total. The van der Waals surface area contributed by atoms with Gasteiger partial charge in [0.1, 0.15) is 0 Å². The highest BCUT2D eigenvalue weighted by molar-refractivity contribution is 6.33. The average molecular weight is 294 g/mol. The predicted molar refractivity (Wildman–Crippen MR) is 76.0 cm³/mol. The zero-order valence-electron chi connectivity index (χ0n) is 10.9. The van der Waals surface area contributed by atoms with Crippen molar-refractivity contribution in [3.8, 4) is 0 Å². The first-order valence-corrected chi connectivity index (χ1v) is 7.26. The Morgan fingerprint density at radius 1 is 1.25 bits per heavy atom. The van der Waals surface area contributed by atoms with Crippen molar-refractivity contribution in [2.45, 2.75) is 25.7 Å². The number of rotatable bonds is 3. The van der Waals surface area contributed by atoms with Gasteiger partial charge in [0, 0.05) is 11.6 Å². The minimum Gasteiger partial charge on any atom is -0.478 e. The molecule has 1 aromatic rings. The number of nitrogens with one attached hydrogen (secondary N) is 1. The Hall–Kier alpha value is -1.55. The van der Waals surface area contributed by atoms with Gasteiger partial charge in [0.25, 0.3) is 0 Å². The van der Waals surface area contributed by atoms with Crippen molar-refractivity contribution in [3.05, 3.63) is 28.8 Å². The zero-order chi connectivity index (χ0) is 14.3. The highest BCUT2D eigenvalue weighted by Crippen LogP contribution is 2.48. The Kier molecular flexibility index (Phi) is 3.42. The number of halogens is 1. The van der Waals surface area contributed by atoms with Crippen LogP contribution in [-0.2, 0) is 4.79 Å². The summed E-state index contributed by atoms with van der Waals surface area (Å²) in [5.74, 6) is 0.312. The van der Waals surface area contributed by atoms with E-state index in [0.29, 0.717) is 17.5 Å². The second-order valence-corrected chi connectivity index (χ2v) is 6.18. The van der Waals surface area contributed by atoms with Gasteiger partial charge in [-0.2, -0.15) is 0 Å². The Bertz CT molecular complexity index is 572. The summed E-state index contributed by atoms with van der Waals surface area (Å²) in [6, 6.07) is 4.50. The summed E-state index contributed by atoms with van der Waals surface area (Å²) in [5, 5.41) is 11.9. The van der Waals surface area contributed by atoms with Crippen molar-refractivity contribution in [1.29, 1.82) is 0 Å². The largest absolute Gasteiger partial charge is 0.478 e. The number of amides is 1. The second kappa shape index (κ2) is 5.09. The number of fused-ring (bicyclic) bond motifs is 2. The maximum atomic E-state index is 12.3. The lowest BCUT2D eigenvalue weighted by molar-refractivity contribution is -0.121. The van der Waals surface area contributed by atoms with Crippen LogP contribution in [0.3, 0.4) is 0 Å². The molecule has 3 atom stereocenters. The molecule has 0 spiro atoms. The summed E-state index contributed by atoms with van der Waals surface area (Å²) >= 11 is 5.90. The molecular formula is C15H16ClNO3. The highest BCUT2D eigenvalue weighted by Gasteiger charge is 2.43. The van der Waals surface area contributed by atoms with Crippen molar-refractivity contribution in [2.24, 2.45) is 17.8 Å². The predicted octanol–water partition coefficient (Wildman–Crippen LogP) is 3.41. The van der Waals surface area contributed by atoms with Gasteiger partial charge in [-0.05, 0) is 49.3 Å². The molecule has 0 aliphatic heterocycles. The summed E-state index contributed by atoms with van der Waals surface area (Å²) in [6.45, 7) is 0. The third-order valence-corrected chi connectivity index (χ3v) is 4.85. The van der Waals surface area contributed by atoms with Crippen LogP contribution in [0, 0.1) is 17.8 Å². The molecule has 2 saturated carbocycles. The molecule has 3 unspecified atom stereocenters. The Labute approximate surface area is 122 Å². The molecule has 2 aliphatic rings. The molecule has 2 bridgehead atoms. The number of benzene rings is 1. The van der Waals surface area contributed by atoms with E-state index in [2.05, 4.69) is 5.32 Å². The zero-order valence-corrected chi connectivity index (χ0v) is 11.7. The van der Waals surface area contributed by atoms with Crippen LogP contribution in [0.4, 0.5) is 5.69 Å². The number of anilines is 1. The molecular weight excluding hydrogens is 278 g/mol. The van der Waals surface area contributed by atoms with Crippen LogP contribution in [0.15, 0.2) is 18.2 Å². The van der Waals surface area contributed by atoms with E-state index in [0.717, 1.165) is 12.8 Å². The number of carbonyl (C=O) groups excluding carboxylic acids is 1. The lowest BCUT2D eigenvalue weighted by Gasteiger charge is -2.20. The van der Waals surface area contributed by atoms with Crippen molar-refractivity contribution in [2.75, 3.05) is 5.32 Å². The molecule has 2 aliphatic carbocycles. The average Bonchev–Trinajstić information content (AvgIpc) is 3.00. The number of hydrogen-bond acceptors (Lipinski definition) is 2. The van der Waals surface area contributed by atoms with Gasteiger partial charge in [-0.1, -0.05) is 18.0 Å². The van der Waals surface area contributed by atoms with Crippen LogP contribution in [0.1, 0.15) is 36.0 Å². The quantitative estimate of drug-likeness (QED) is 0.897. The fourth-order valence-electron chi connectivity index (χ4n) is 3.57. The van der Waals surface area contributed by atoms with E-state index in [4.69, 9.17) is 16.7 Å². The highest BCUT2D eigenvalue weighted by atomic mass is 35.5. The maximum absolute atomic E-state index is 12.3. The van der Waals surface area contributed by atoms with Crippen molar-refractivity contribution >= 4 is 29.2 Å². The smallest absolute Gasteiger partial charge is 0.337 e. The van der Waals surface area contributed by atoms with E-state index < -0.39 is 5.97 Å². The monoisotopic (exact) mass is 293 g/mol. The molecule has 3 rings (SSSR count). The first-order valence-electron chi connectivity index (χ1n) is 6.88. The van der Waals surface area contributed by atoms with E-state index in [1.807, 2.05) is 0 Å².